The summed E-state index contributed by atoms with van der Waals surface area (Å²) < 4.78 is 7.59. The fraction of sp³-hybridized carbons (Fsp3) is 0.0312. The van der Waals surface area contributed by atoms with Gasteiger partial charge in [-0.1, -0.05) is 176 Å². The Hall–Kier alpha value is -8.66. The van der Waals surface area contributed by atoms with Crippen LogP contribution in [-0.2, 0) is 5.54 Å². The van der Waals surface area contributed by atoms with E-state index >= 15 is 0 Å². The Labute approximate surface area is 388 Å². The lowest BCUT2D eigenvalue weighted by Crippen LogP contribution is -2.34. The van der Waals surface area contributed by atoms with Gasteiger partial charge >= 0.3 is 0 Å². The number of aryl methyl sites for hydroxylation is 1. The molecule has 0 saturated heterocycles. The van der Waals surface area contributed by atoms with Crippen LogP contribution < -0.4 is 0 Å². The zero-order valence-corrected chi connectivity index (χ0v) is 36.9. The number of hydrogen-bond donors (Lipinski definition) is 0. The molecule has 0 atom stereocenters. The normalized spacial score (nSPS) is 13.0. The van der Waals surface area contributed by atoms with Crippen molar-refractivity contribution >= 4 is 54.5 Å². The molecule has 67 heavy (non-hydrogen) atoms. The first kappa shape index (κ1) is 37.7. The van der Waals surface area contributed by atoms with Crippen molar-refractivity contribution in [3.05, 3.63) is 265 Å². The van der Waals surface area contributed by atoms with Crippen LogP contribution in [0.3, 0.4) is 0 Å². The minimum atomic E-state index is -0.669. The lowest BCUT2D eigenvalue weighted by molar-refractivity contribution is 0.561. The molecule has 0 aliphatic carbocycles. The van der Waals surface area contributed by atoms with Crippen molar-refractivity contribution in [3.63, 3.8) is 0 Å². The van der Waals surface area contributed by atoms with Crippen molar-refractivity contribution in [1.29, 1.82) is 0 Å². The minimum absolute atomic E-state index is 0.669. The minimum Gasteiger partial charge on any atom is -0.322 e. The van der Waals surface area contributed by atoms with Crippen LogP contribution in [0, 0.1) is 6.92 Å². The first-order valence-electron chi connectivity index (χ1n) is 23.3. The van der Waals surface area contributed by atoms with Gasteiger partial charge in [-0.2, -0.15) is 0 Å². The van der Waals surface area contributed by atoms with E-state index in [0.717, 1.165) is 11.4 Å². The summed E-state index contributed by atoms with van der Waals surface area (Å²) >= 11 is 0. The first-order valence-corrected chi connectivity index (χ1v) is 23.3. The number of hydrogen-bond acceptors (Lipinski definition) is 0. The van der Waals surface area contributed by atoms with Gasteiger partial charge in [-0.15, -0.1) is 0 Å². The number of aromatic nitrogens is 3. The molecule has 0 unspecified atom stereocenters. The van der Waals surface area contributed by atoms with Gasteiger partial charge in [0.05, 0.1) is 33.3 Å². The third-order valence-corrected chi connectivity index (χ3v) is 14.6. The average Bonchev–Trinajstić information content (AvgIpc) is 4.10. The van der Waals surface area contributed by atoms with Gasteiger partial charge in [0.2, 0.25) is 0 Å². The molecule has 314 valence electrons. The van der Waals surface area contributed by atoms with E-state index in [9.17, 15) is 0 Å². The van der Waals surface area contributed by atoms with Crippen LogP contribution in [0.25, 0.3) is 99.4 Å². The summed E-state index contributed by atoms with van der Waals surface area (Å²) in [6.07, 6.45) is 0. The van der Waals surface area contributed by atoms with Gasteiger partial charge in [0, 0.05) is 43.9 Å². The second-order valence-corrected chi connectivity index (χ2v) is 18.1. The summed E-state index contributed by atoms with van der Waals surface area (Å²) in [5, 5.41) is 6.26. The lowest BCUT2D eigenvalue weighted by Gasteiger charge is -2.35. The standard InChI is InChI=1S/C64H43N3/c1-42-54-40-49(65-58-28-16-14-26-51(58)55-38-45(30-35-60(55)65)43-18-6-2-7-19-43)33-37-62(54)67-63(42)53-34-32-50(41-57(53)64(67,47-22-10-4-11-23-47)48-24-12-5-13-25-48)66-59-29-17-15-27-52(59)56-39-46(31-36-61(56)66)44-20-8-3-9-21-44/h2-41H,1H3. The molecule has 0 fully saturated rings. The molecule has 1 aliphatic heterocycles. The summed E-state index contributed by atoms with van der Waals surface area (Å²) in [7, 11) is 0. The highest BCUT2D eigenvalue weighted by Crippen LogP contribution is 2.56. The highest BCUT2D eigenvalue weighted by molar-refractivity contribution is 6.12. The van der Waals surface area contributed by atoms with Gasteiger partial charge < -0.3 is 13.7 Å². The summed E-state index contributed by atoms with van der Waals surface area (Å²) in [5.41, 5.74) is 20.0. The topological polar surface area (TPSA) is 14.8 Å². The fourth-order valence-electron chi connectivity index (χ4n) is 11.8. The maximum Gasteiger partial charge on any atom is 0.122 e. The maximum atomic E-state index is 2.66. The number of para-hydroxylation sites is 2. The molecule has 0 amide bonds. The fourth-order valence-corrected chi connectivity index (χ4v) is 11.8. The highest BCUT2D eigenvalue weighted by atomic mass is 15.1. The molecule has 3 heteroatoms. The van der Waals surface area contributed by atoms with Gasteiger partial charge in [-0.05, 0) is 118 Å². The quantitative estimate of drug-likeness (QED) is 0.158. The summed E-state index contributed by atoms with van der Waals surface area (Å²) in [5.74, 6) is 0. The maximum absolute atomic E-state index is 2.66. The molecule has 13 aromatic rings. The van der Waals surface area contributed by atoms with E-state index in [1.54, 1.807) is 0 Å². The Morgan fingerprint density at radius 1 is 0.313 bits per heavy atom. The highest BCUT2D eigenvalue weighted by Gasteiger charge is 2.48. The predicted molar refractivity (Wildman–Crippen MR) is 280 cm³/mol. The summed E-state index contributed by atoms with van der Waals surface area (Å²) in [6, 6.07) is 89.7. The Bertz CT molecular complexity index is 4040. The molecule has 0 bridgehead atoms. The number of fused-ring (bicyclic) bond motifs is 11. The van der Waals surface area contributed by atoms with Crippen LogP contribution in [-0.4, -0.2) is 13.7 Å². The molecule has 10 aromatic carbocycles. The van der Waals surface area contributed by atoms with Crippen LogP contribution in [0.15, 0.2) is 243 Å². The van der Waals surface area contributed by atoms with Crippen molar-refractivity contribution < 1.29 is 0 Å². The van der Waals surface area contributed by atoms with E-state index in [1.165, 1.54) is 110 Å². The third-order valence-electron chi connectivity index (χ3n) is 14.6. The molecule has 4 heterocycles. The molecular weight excluding hydrogens is 811 g/mol. The van der Waals surface area contributed by atoms with Crippen molar-refractivity contribution in [2.45, 2.75) is 12.5 Å². The van der Waals surface area contributed by atoms with Crippen LogP contribution in [0.1, 0.15) is 22.3 Å². The molecule has 3 aromatic heterocycles. The lowest BCUT2D eigenvalue weighted by atomic mass is 9.76. The van der Waals surface area contributed by atoms with Crippen molar-refractivity contribution in [2.24, 2.45) is 0 Å². The number of nitrogens with zero attached hydrogens (tertiary/aromatic N) is 3. The van der Waals surface area contributed by atoms with E-state index in [1.807, 2.05) is 0 Å². The van der Waals surface area contributed by atoms with E-state index in [0.29, 0.717) is 0 Å². The van der Waals surface area contributed by atoms with E-state index < -0.39 is 5.54 Å². The van der Waals surface area contributed by atoms with Crippen molar-refractivity contribution in [1.82, 2.24) is 13.7 Å². The number of rotatable bonds is 6. The second-order valence-electron chi connectivity index (χ2n) is 18.1. The smallest absolute Gasteiger partial charge is 0.122 e. The molecule has 0 spiro atoms. The molecule has 0 radical (unpaired) electrons. The predicted octanol–water partition coefficient (Wildman–Crippen LogP) is 16.3. The largest absolute Gasteiger partial charge is 0.322 e. The Morgan fingerprint density at radius 3 is 1.28 bits per heavy atom. The van der Waals surface area contributed by atoms with Crippen molar-refractivity contribution in [3.8, 4) is 44.9 Å². The molecule has 3 nitrogen and oxygen atoms in total. The SMILES string of the molecule is Cc1c2n(c3ccc(-n4c5ccccc5c5cc(-c6ccccc6)ccc54)cc13)C(c1ccccc1)(c1ccccc1)c1cc(-n3c4ccccc4c4cc(-c5ccccc5)ccc43)ccc1-2. The van der Waals surface area contributed by atoms with Crippen LogP contribution >= 0.6 is 0 Å². The van der Waals surface area contributed by atoms with Gasteiger partial charge in [0.1, 0.15) is 5.54 Å². The summed E-state index contributed by atoms with van der Waals surface area (Å²) in [6.45, 7) is 2.33. The molecule has 1 aliphatic rings. The van der Waals surface area contributed by atoms with Crippen LogP contribution in [0.5, 0.6) is 0 Å². The van der Waals surface area contributed by atoms with Crippen LogP contribution in [0.2, 0.25) is 0 Å². The van der Waals surface area contributed by atoms with E-state index in [-0.39, 0.29) is 0 Å². The average molecular weight is 854 g/mol. The Balaban J connectivity index is 1.02. The number of benzene rings is 10. The van der Waals surface area contributed by atoms with E-state index in [2.05, 4.69) is 263 Å². The summed E-state index contributed by atoms with van der Waals surface area (Å²) in [4.78, 5) is 0. The van der Waals surface area contributed by atoms with E-state index in [4.69, 9.17) is 0 Å². The van der Waals surface area contributed by atoms with Gasteiger partial charge in [-0.3, -0.25) is 0 Å². The molecule has 14 rings (SSSR count). The van der Waals surface area contributed by atoms with Gasteiger partial charge in [-0.25, -0.2) is 0 Å². The molecule has 0 saturated carbocycles. The van der Waals surface area contributed by atoms with Gasteiger partial charge in [0.25, 0.3) is 0 Å². The van der Waals surface area contributed by atoms with Crippen molar-refractivity contribution in [2.75, 3.05) is 0 Å². The zero-order chi connectivity index (χ0) is 44.2. The van der Waals surface area contributed by atoms with Crippen LogP contribution in [0.4, 0.5) is 0 Å². The second kappa shape index (κ2) is 14.4. The molecular formula is C64H43N3. The van der Waals surface area contributed by atoms with Gasteiger partial charge in [0.15, 0.2) is 0 Å². The Kier molecular flexibility index (Phi) is 8.11. The third kappa shape index (κ3) is 5.34. The monoisotopic (exact) mass is 853 g/mol. The zero-order valence-electron chi connectivity index (χ0n) is 36.9. The molecule has 0 N–H and O–H groups in total. The first-order chi connectivity index (χ1) is 33.2. The Morgan fingerprint density at radius 2 is 0.746 bits per heavy atom.